The Balaban J connectivity index is 2.35. The van der Waals surface area contributed by atoms with Crippen LogP contribution >= 0.6 is 0 Å². The van der Waals surface area contributed by atoms with Crippen LogP contribution < -0.4 is 0 Å². The highest BCUT2D eigenvalue weighted by molar-refractivity contribution is 6.11. The Labute approximate surface area is 91.6 Å². The lowest BCUT2D eigenvalue weighted by Gasteiger charge is -2.42. The first kappa shape index (κ1) is 11.4. The fraction of sp³-hybridized carbons (Fsp3) is 1.00. The van der Waals surface area contributed by atoms with E-state index in [-0.39, 0.29) is 12.2 Å². The SMILES string of the molecule is [B][C@@H]1O[C@]2(COC)C(OC)C1OC2(C)C. The summed E-state index contributed by atoms with van der Waals surface area (Å²) in [6.07, 6.45) is -0.373. The summed E-state index contributed by atoms with van der Waals surface area (Å²) < 4.78 is 22.3. The zero-order valence-electron chi connectivity index (χ0n) is 9.65. The van der Waals surface area contributed by atoms with Crippen LogP contribution in [-0.4, -0.2) is 58.1 Å². The maximum absolute atomic E-state index is 5.86. The summed E-state index contributed by atoms with van der Waals surface area (Å²) in [7, 11) is 9.12. The van der Waals surface area contributed by atoms with Gasteiger partial charge in [-0.3, -0.25) is 0 Å². The molecule has 2 unspecified atom stereocenters. The molecule has 15 heavy (non-hydrogen) atoms. The van der Waals surface area contributed by atoms with Crippen molar-refractivity contribution in [2.75, 3.05) is 20.8 Å². The van der Waals surface area contributed by atoms with Crippen LogP contribution in [0.1, 0.15) is 13.8 Å². The highest BCUT2D eigenvalue weighted by Gasteiger charge is 2.69. The highest BCUT2D eigenvalue weighted by atomic mass is 16.7. The molecule has 0 aromatic heterocycles. The number of rotatable bonds is 3. The molecule has 2 heterocycles. The molecule has 2 radical (unpaired) electrons. The van der Waals surface area contributed by atoms with Crippen LogP contribution in [0.5, 0.6) is 0 Å². The Morgan fingerprint density at radius 2 is 1.93 bits per heavy atom. The minimum atomic E-state index is -0.597. The summed E-state index contributed by atoms with van der Waals surface area (Å²) in [4.78, 5) is 0. The maximum Gasteiger partial charge on any atom is 0.148 e. The molecule has 0 N–H and O–H groups in total. The van der Waals surface area contributed by atoms with E-state index in [1.54, 1.807) is 14.2 Å². The largest absolute Gasteiger partial charge is 0.381 e. The molecular formula is C10H17BO4. The summed E-state index contributed by atoms with van der Waals surface area (Å²) in [5.74, 6) is 0. The molecule has 2 fully saturated rings. The molecule has 2 bridgehead atoms. The average molecular weight is 212 g/mol. The van der Waals surface area contributed by atoms with Crippen LogP contribution in [0, 0.1) is 0 Å². The van der Waals surface area contributed by atoms with Crippen molar-refractivity contribution in [1.82, 2.24) is 0 Å². The van der Waals surface area contributed by atoms with Gasteiger partial charge in [-0.2, -0.15) is 0 Å². The predicted molar refractivity (Wildman–Crippen MR) is 55.0 cm³/mol. The van der Waals surface area contributed by atoms with E-state index in [2.05, 4.69) is 0 Å². The van der Waals surface area contributed by atoms with E-state index in [1.807, 2.05) is 13.8 Å². The second kappa shape index (κ2) is 3.45. The van der Waals surface area contributed by atoms with Gasteiger partial charge in [0, 0.05) is 20.2 Å². The number of hydrogen-bond acceptors (Lipinski definition) is 4. The van der Waals surface area contributed by atoms with Gasteiger partial charge in [-0.1, -0.05) is 0 Å². The van der Waals surface area contributed by atoms with Crippen LogP contribution in [-0.2, 0) is 18.9 Å². The van der Waals surface area contributed by atoms with Crippen molar-refractivity contribution in [2.24, 2.45) is 0 Å². The smallest absolute Gasteiger partial charge is 0.148 e. The summed E-state index contributed by atoms with van der Waals surface area (Å²) in [5.41, 5.74) is -1.04. The van der Waals surface area contributed by atoms with E-state index in [4.69, 9.17) is 26.8 Å². The molecule has 4 nitrogen and oxygen atoms in total. The van der Waals surface area contributed by atoms with Crippen LogP contribution in [0.4, 0.5) is 0 Å². The lowest BCUT2D eigenvalue weighted by atomic mass is 9.84. The fourth-order valence-electron chi connectivity index (χ4n) is 2.70. The molecule has 2 rings (SSSR count). The summed E-state index contributed by atoms with van der Waals surface area (Å²) in [6, 6.07) is -0.432. The first-order valence-corrected chi connectivity index (χ1v) is 5.11. The van der Waals surface area contributed by atoms with Gasteiger partial charge in [-0.15, -0.1) is 0 Å². The second-order valence-corrected chi connectivity index (χ2v) is 4.65. The Bertz CT molecular complexity index is 258. The third kappa shape index (κ3) is 1.30. The lowest BCUT2D eigenvalue weighted by molar-refractivity contribution is -0.223. The Morgan fingerprint density at radius 1 is 1.27 bits per heavy atom. The van der Waals surface area contributed by atoms with E-state index in [9.17, 15) is 0 Å². The van der Waals surface area contributed by atoms with Gasteiger partial charge in [0.05, 0.1) is 12.2 Å². The topological polar surface area (TPSA) is 36.9 Å². The van der Waals surface area contributed by atoms with Crippen molar-refractivity contribution in [3.05, 3.63) is 0 Å². The Hall–Kier alpha value is -0.0951. The van der Waals surface area contributed by atoms with Crippen molar-refractivity contribution < 1.29 is 18.9 Å². The molecule has 0 amide bonds. The van der Waals surface area contributed by atoms with Crippen molar-refractivity contribution in [3.8, 4) is 0 Å². The number of hydrogen-bond donors (Lipinski definition) is 0. The molecule has 84 valence electrons. The first-order chi connectivity index (χ1) is 6.98. The van der Waals surface area contributed by atoms with Crippen molar-refractivity contribution in [1.29, 1.82) is 0 Å². The van der Waals surface area contributed by atoms with E-state index in [1.165, 1.54) is 0 Å². The molecule has 0 aromatic carbocycles. The van der Waals surface area contributed by atoms with Crippen LogP contribution in [0.2, 0.25) is 0 Å². The van der Waals surface area contributed by atoms with Gasteiger partial charge in [-0.05, 0) is 13.8 Å². The average Bonchev–Trinajstić information content (AvgIpc) is 2.51. The van der Waals surface area contributed by atoms with Crippen molar-refractivity contribution in [3.63, 3.8) is 0 Å². The molecular weight excluding hydrogens is 195 g/mol. The number of fused-ring (bicyclic) bond motifs is 2. The van der Waals surface area contributed by atoms with Crippen LogP contribution in [0.25, 0.3) is 0 Å². The second-order valence-electron chi connectivity index (χ2n) is 4.65. The zero-order valence-corrected chi connectivity index (χ0v) is 9.65. The first-order valence-electron chi connectivity index (χ1n) is 5.11. The molecule has 4 atom stereocenters. The van der Waals surface area contributed by atoms with Gasteiger partial charge in [-0.25, -0.2) is 0 Å². The van der Waals surface area contributed by atoms with Gasteiger partial charge >= 0.3 is 0 Å². The molecule has 2 saturated heterocycles. The summed E-state index contributed by atoms with van der Waals surface area (Å²) in [5, 5.41) is 0. The van der Waals surface area contributed by atoms with E-state index < -0.39 is 17.2 Å². The summed E-state index contributed by atoms with van der Waals surface area (Å²) >= 11 is 0. The van der Waals surface area contributed by atoms with Gasteiger partial charge in [0.1, 0.15) is 25.7 Å². The van der Waals surface area contributed by atoms with Crippen LogP contribution in [0.3, 0.4) is 0 Å². The normalized spacial score (nSPS) is 47.3. The molecule has 5 heteroatoms. The Morgan fingerprint density at radius 3 is 2.47 bits per heavy atom. The standard InChI is InChI=1S/C10H17BO4/c1-9(2)10(5-12-3)7(13-4)6(14-9)8(11)15-10/h6-8H,5H2,1-4H3/t6?,7?,8-,10-/m1/s1. The van der Waals surface area contributed by atoms with E-state index >= 15 is 0 Å². The van der Waals surface area contributed by atoms with Crippen molar-refractivity contribution >= 4 is 7.85 Å². The lowest BCUT2D eigenvalue weighted by Crippen LogP contribution is -2.58. The van der Waals surface area contributed by atoms with Gasteiger partial charge < -0.3 is 18.9 Å². The van der Waals surface area contributed by atoms with Crippen LogP contribution in [0.15, 0.2) is 0 Å². The van der Waals surface area contributed by atoms with Crippen molar-refractivity contribution in [2.45, 2.75) is 43.3 Å². The molecule has 2 aliphatic heterocycles. The molecule has 0 saturated carbocycles. The Kier molecular flexibility index (Phi) is 2.62. The number of methoxy groups -OCH3 is 2. The van der Waals surface area contributed by atoms with Gasteiger partial charge in [0.15, 0.2) is 0 Å². The highest BCUT2D eigenvalue weighted by Crippen LogP contribution is 2.50. The van der Waals surface area contributed by atoms with Gasteiger partial charge in [0.25, 0.3) is 0 Å². The zero-order chi connectivity index (χ0) is 11.3. The molecule has 0 spiro atoms. The monoisotopic (exact) mass is 212 g/mol. The molecule has 2 aliphatic rings. The third-order valence-corrected chi connectivity index (χ3v) is 3.49. The van der Waals surface area contributed by atoms with E-state index in [0.717, 1.165) is 0 Å². The number of ether oxygens (including phenoxy) is 4. The quantitative estimate of drug-likeness (QED) is 0.621. The maximum atomic E-state index is 5.86. The minimum Gasteiger partial charge on any atom is -0.381 e. The van der Waals surface area contributed by atoms with E-state index in [0.29, 0.717) is 6.61 Å². The molecule has 0 aliphatic carbocycles. The molecule has 0 aromatic rings. The fourth-order valence-corrected chi connectivity index (χ4v) is 2.70. The third-order valence-electron chi connectivity index (χ3n) is 3.49. The van der Waals surface area contributed by atoms with Gasteiger partial charge in [0.2, 0.25) is 0 Å². The predicted octanol–water partition coefficient (Wildman–Crippen LogP) is 0.0888. The minimum absolute atomic E-state index is 0.164. The summed E-state index contributed by atoms with van der Waals surface area (Å²) in [6.45, 7) is 4.37.